The molecule has 0 spiro atoms. The maximum Gasteiger partial charge on any atom is 0.302 e. The van der Waals surface area contributed by atoms with Crippen LogP contribution < -0.4 is 0 Å². The van der Waals surface area contributed by atoms with E-state index in [0.29, 0.717) is 11.7 Å². The van der Waals surface area contributed by atoms with Crippen LogP contribution in [0.1, 0.15) is 13.8 Å². The second kappa shape index (κ2) is 10.1. The second-order valence-electron chi connectivity index (χ2n) is 6.71. The molecule has 0 aromatic carbocycles. The fraction of sp³-hybridized carbons (Fsp3) is 0.857. The fourth-order valence-electron chi connectivity index (χ4n) is 0.926. The molecule has 0 atom stereocenters. The number of quaternary nitrogens is 2. The molecule has 0 rings (SSSR count). The van der Waals surface area contributed by atoms with Gasteiger partial charge in [0.1, 0.15) is 26.3 Å². The molecule has 0 saturated heterocycles. The molecule has 0 heterocycles. The standard InChI is InChI=1S/C7H16NO2.C7H16NOS/c1-7(9)10-6-5-8(2,3)4;1-7(10)9-6-5-8(2,3)4/h2*5-6H2,1-4H3/q2*+1. The molecule has 0 aliphatic heterocycles. The van der Waals surface area contributed by atoms with E-state index in [9.17, 15) is 4.79 Å². The lowest BCUT2D eigenvalue weighted by Gasteiger charge is -2.23. The van der Waals surface area contributed by atoms with Crippen LogP contribution in [0, 0.1) is 0 Å². The van der Waals surface area contributed by atoms with Crippen molar-refractivity contribution < 1.29 is 23.2 Å². The lowest BCUT2D eigenvalue weighted by Crippen LogP contribution is -2.37. The molecule has 6 heteroatoms. The van der Waals surface area contributed by atoms with Crippen LogP contribution in [0.2, 0.25) is 0 Å². The zero-order valence-corrected chi connectivity index (χ0v) is 15.2. The maximum absolute atomic E-state index is 10.3. The van der Waals surface area contributed by atoms with E-state index in [1.165, 1.54) is 6.92 Å². The smallest absolute Gasteiger partial charge is 0.302 e. The van der Waals surface area contributed by atoms with E-state index in [4.69, 9.17) is 21.7 Å². The van der Waals surface area contributed by atoms with Gasteiger partial charge in [-0.1, -0.05) is 0 Å². The van der Waals surface area contributed by atoms with Gasteiger partial charge in [0.2, 0.25) is 0 Å². The summed E-state index contributed by atoms with van der Waals surface area (Å²) in [4.78, 5) is 10.3. The summed E-state index contributed by atoms with van der Waals surface area (Å²) in [5, 5.41) is 0.633. The molecule has 0 radical (unpaired) electrons. The van der Waals surface area contributed by atoms with Crippen LogP contribution in [0.3, 0.4) is 0 Å². The highest BCUT2D eigenvalue weighted by Gasteiger charge is 2.06. The van der Waals surface area contributed by atoms with Gasteiger partial charge >= 0.3 is 5.97 Å². The van der Waals surface area contributed by atoms with Crippen LogP contribution in [-0.2, 0) is 14.3 Å². The highest BCUT2D eigenvalue weighted by Crippen LogP contribution is 1.90. The van der Waals surface area contributed by atoms with Crippen LogP contribution in [0.15, 0.2) is 0 Å². The molecule has 0 aliphatic rings. The number of rotatable bonds is 6. The largest absolute Gasteiger partial charge is 0.481 e. The average molecular weight is 308 g/mol. The minimum absolute atomic E-state index is 0.201. The number of likely N-dealkylation sites (N-methyl/N-ethyl adjacent to an activating group) is 2. The van der Waals surface area contributed by atoms with Gasteiger partial charge in [0.05, 0.1) is 42.3 Å². The Morgan fingerprint density at radius 3 is 1.45 bits per heavy atom. The van der Waals surface area contributed by atoms with Crippen molar-refractivity contribution in [3.05, 3.63) is 0 Å². The van der Waals surface area contributed by atoms with Gasteiger partial charge in [0.15, 0.2) is 5.05 Å². The molecular formula is C14H32N2O3S+2. The SMILES string of the molecule is CC(=O)OCC[N+](C)(C)C.CC(=S)OCC[N+](C)(C)C. The maximum atomic E-state index is 10.3. The molecule has 0 aromatic heterocycles. The van der Waals surface area contributed by atoms with Crippen LogP contribution in [0.4, 0.5) is 0 Å². The van der Waals surface area contributed by atoms with Crippen LogP contribution in [0.5, 0.6) is 0 Å². The monoisotopic (exact) mass is 308 g/mol. The van der Waals surface area contributed by atoms with E-state index in [-0.39, 0.29) is 5.97 Å². The Morgan fingerprint density at radius 1 is 0.850 bits per heavy atom. The fourth-order valence-corrected chi connectivity index (χ4v) is 1.01. The summed E-state index contributed by atoms with van der Waals surface area (Å²) in [7, 11) is 12.6. The van der Waals surface area contributed by atoms with E-state index < -0.39 is 0 Å². The van der Waals surface area contributed by atoms with Gasteiger partial charge in [-0.05, 0) is 12.2 Å². The minimum atomic E-state index is -0.201. The highest BCUT2D eigenvalue weighted by atomic mass is 32.1. The van der Waals surface area contributed by atoms with E-state index >= 15 is 0 Å². The van der Waals surface area contributed by atoms with E-state index in [2.05, 4.69) is 42.3 Å². The Labute approximate surface area is 129 Å². The van der Waals surface area contributed by atoms with Crippen molar-refractivity contribution in [2.75, 3.05) is 68.6 Å². The number of hydrogen-bond acceptors (Lipinski definition) is 4. The molecule has 0 N–H and O–H groups in total. The summed E-state index contributed by atoms with van der Waals surface area (Å²) in [6.07, 6.45) is 0. The van der Waals surface area contributed by atoms with Crippen molar-refractivity contribution >= 4 is 23.2 Å². The predicted molar refractivity (Wildman–Crippen MR) is 86.7 cm³/mol. The summed E-state index contributed by atoms with van der Waals surface area (Å²) >= 11 is 4.75. The van der Waals surface area contributed by atoms with Crippen LogP contribution in [0.25, 0.3) is 0 Å². The van der Waals surface area contributed by atoms with Gasteiger partial charge in [0.25, 0.3) is 0 Å². The normalized spacial score (nSPS) is 11.2. The Morgan fingerprint density at radius 2 is 1.20 bits per heavy atom. The van der Waals surface area contributed by atoms with Gasteiger partial charge < -0.3 is 18.4 Å². The van der Waals surface area contributed by atoms with E-state index in [1.54, 1.807) is 6.92 Å². The minimum Gasteiger partial charge on any atom is -0.481 e. The zero-order valence-electron chi connectivity index (χ0n) is 14.4. The van der Waals surface area contributed by atoms with E-state index in [1.807, 2.05) is 0 Å². The molecule has 0 aliphatic carbocycles. The van der Waals surface area contributed by atoms with Crippen molar-refractivity contribution in [3.8, 4) is 0 Å². The predicted octanol–water partition coefficient (Wildman–Crippen LogP) is 1.31. The lowest BCUT2D eigenvalue weighted by molar-refractivity contribution is -0.870. The van der Waals surface area contributed by atoms with Crippen LogP contribution in [-0.4, -0.2) is 88.6 Å². The van der Waals surface area contributed by atoms with Gasteiger partial charge in [-0.15, -0.1) is 0 Å². The topological polar surface area (TPSA) is 35.5 Å². The molecule has 0 saturated carbocycles. The first kappa shape index (κ1) is 21.6. The summed E-state index contributed by atoms with van der Waals surface area (Å²) in [6, 6.07) is 0. The number of hydrogen-bond donors (Lipinski definition) is 0. The molecule has 5 nitrogen and oxygen atoms in total. The molecule has 0 aromatic rings. The van der Waals surface area contributed by atoms with Crippen LogP contribution >= 0.6 is 12.2 Å². The number of nitrogens with zero attached hydrogens (tertiary/aromatic N) is 2. The molecule has 120 valence electrons. The number of thiocarbonyl (C=S) groups is 1. The number of carbonyl (C=O) groups is 1. The number of carbonyl (C=O) groups excluding carboxylic acids is 1. The molecular weight excluding hydrogens is 276 g/mol. The van der Waals surface area contributed by atoms with Gasteiger partial charge in [-0.3, -0.25) is 4.79 Å². The average Bonchev–Trinajstić information content (AvgIpc) is 2.12. The van der Waals surface area contributed by atoms with Crippen molar-refractivity contribution in [2.24, 2.45) is 0 Å². The first-order valence-electron chi connectivity index (χ1n) is 6.71. The number of esters is 1. The summed E-state index contributed by atoms with van der Waals surface area (Å²) in [5.41, 5.74) is 0. The molecule has 0 fully saturated rings. The van der Waals surface area contributed by atoms with Gasteiger partial charge in [-0.2, -0.15) is 0 Å². The van der Waals surface area contributed by atoms with Gasteiger partial charge in [0, 0.05) is 13.8 Å². The first-order valence-corrected chi connectivity index (χ1v) is 7.12. The Bertz CT molecular complexity index is 264. The lowest BCUT2D eigenvalue weighted by atomic mass is 10.5. The van der Waals surface area contributed by atoms with Crippen molar-refractivity contribution in [1.29, 1.82) is 0 Å². The molecule has 0 unspecified atom stereocenters. The first-order chi connectivity index (χ1) is 8.83. The van der Waals surface area contributed by atoms with Crippen molar-refractivity contribution in [2.45, 2.75) is 13.8 Å². The molecule has 20 heavy (non-hydrogen) atoms. The third-order valence-electron chi connectivity index (χ3n) is 2.13. The Hall–Kier alpha value is -0.720. The van der Waals surface area contributed by atoms with Gasteiger partial charge in [-0.25, -0.2) is 0 Å². The summed E-state index contributed by atoms with van der Waals surface area (Å²) in [6.45, 7) is 6.31. The van der Waals surface area contributed by atoms with Crippen molar-refractivity contribution in [3.63, 3.8) is 0 Å². The number of ether oxygens (including phenoxy) is 2. The highest BCUT2D eigenvalue weighted by molar-refractivity contribution is 7.80. The van der Waals surface area contributed by atoms with E-state index in [0.717, 1.165) is 28.7 Å². The zero-order chi connectivity index (χ0) is 16.4. The Balaban J connectivity index is 0. The third kappa shape index (κ3) is 26.0. The molecule has 0 bridgehead atoms. The molecule has 0 amide bonds. The summed E-state index contributed by atoms with van der Waals surface area (Å²) < 4.78 is 11.6. The summed E-state index contributed by atoms with van der Waals surface area (Å²) in [5.74, 6) is -0.201. The third-order valence-corrected chi connectivity index (χ3v) is 2.25. The van der Waals surface area contributed by atoms with Crippen molar-refractivity contribution in [1.82, 2.24) is 0 Å². The Kier molecular flexibility index (Phi) is 10.9. The quantitative estimate of drug-likeness (QED) is 0.421. The second-order valence-corrected chi connectivity index (χ2v) is 7.28.